The molecule has 1 N–H and O–H groups in total. The molecule has 0 radical (unpaired) electrons. The molecule has 3 rings (SSSR count). The number of nitrogens with one attached hydrogen (secondary N) is 1. The van der Waals surface area contributed by atoms with Crippen molar-refractivity contribution in [2.45, 2.75) is 0 Å². The zero-order valence-electron chi connectivity index (χ0n) is 11.4. The van der Waals surface area contributed by atoms with Gasteiger partial charge in [-0.15, -0.1) is 0 Å². The molecule has 1 aromatic carbocycles. The normalized spacial score (nSPS) is 10.3. The van der Waals surface area contributed by atoms with Crippen LogP contribution < -0.4 is 10.3 Å². The van der Waals surface area contributed by atoms with Crippen LogP contribution in [0.15, 0.2) is 59.7 Å². The molecule has 0 saturated heterocycles. The maximum Gasteiger partial charge on any atom is 0.251 e. The summed E-state index contributed by atoms with van der Waals surface area (Å²) in [5, 5.41) is 0. The number of rotatable bonds is 3. The quantitative estimate of drug-likeness (QED) is 0.800. The number of hydrogen-bond acceptors (Lipinski definition) is 4. The molecule has 21 heavy (non-hydrogen) atoms. The van der Waals surface area contributed by atoms with Gasteiger partial charge in [0.1, 0.15) is 11.6 Å². The number of ether oxygens (including phenoxy) is 1. The first-order chi connectivity index (χ1) is 10.3. The lowest BCUT2D eigenvalue weighted by Gasteiger charge is -2.06. The summed E-state index contributed by atoms with van der Waals surface area (Å²) >= 11 is 0. The van der Waals surface area contributed by atoms with Gasteiger partial charge in [-0.05, 0) is 24.3 Å². The Morgan fingerprint density at radius 2 is 1.86 bits per heavy atom. The lowest BCUT2D eigenvalue weighted by atomic mass is 10.1. The molecule has 0 fully saturated rings. The highest BCUT2D eigenvalue weighted by molar-refractivity contribution is 5.64. The third-order valence-corrected chi connectivity index (χ3v) is 3.06. The largest absolute Gasteiger partial charge is 0.497 e. The van der Waals surface area contributed by atoms with Crippen LogP contribution in [0.25, 0.3) is 22.6 Å². The fourth-order valence-electron chi connectivity index (χ4n) is 2.03. The fourth-order valence-corrected chi connectivity index (χ4v) is 2.03. The Morgan fingerprint density at radius 1 is 1.05 bits per heavy atom. The second kappa shape index (κ2) is 5.58. The third-order valence-electron chi connectivity index (χ3n) is 3.06. The van der Waals surface area contributed by atoms with Crippen LogP contribution in [0.4, 0.5) is 0 Å². The van der Waals surface area contributed by atoms with Gasteiger partial charge in [-0.25, -0.2) is 4.98 Å². The average Bonchev–Trinajstić information content (AvgIpc) is 2.55. The Hall–Kier alpha value is -2.95. The van der Waals surface area contributed by atoms with Gasteiger partial charge in [-0.1, -0.05) is 12.1 Å². The summed E-state index contributed by atoms with van der Waals surface area (Å²) in [6.45, 7) is 0. The molecular weight excluding hydrogens is 266 g/mol. The van der Waals surface area contributed by atoms with E-state index in [0.29, 0.717) is 11.5 Å². The van der Waals surface area contributed by atoms with Gasteiger partial charge in [0, 0.05) is 29.6 Å². The highest BCUT2D eigenvalue weighted by atomic mass is 16.5. The Bertz CT molecular complexity index is 813. The van der Waals surface area contributed by atoms with E-state index < -0.39 is 0 Å². The maximum atomic E-state index is 11.9. The van der Waals surface area contributed by atoms with Crippen molar-refractivity contribution in [3.05, 3.63) is 65.2 Å². The van der Waals surface area contributed by atoms with Crippen molar-refractivity contribution in [2.75, 3.05) is 7.11 Å². The molecule has 0 spiro atoms. The van der Waals surface area contributed by atoms with Gasteiger partial charge < -0.3 is 9.72 Å². The van der Waals surface area contributed by atoms with Crippen LogP contribution in [0.5, 0.6) is 5.75 Å². The number of benzene rings is 1. The molecule has 0 unspecified atom stereocenters. The van der Waals surface area contributed by atoms with Crippen LogP contribution in [0.3, 0.4) is 0 Å². The van der Waals surface area contributed by atoms with Crippen LogP contribution in [0, 0.1) is 0 Å². The summed E-state index contributed by atoms with van der Waals surface area (Å²) < 4.78 is 5.20. The van der Waals surface area contributed by atoms with Crippen molar-refractivity contribution in [3.63, 3.8) is 0 Å². The molecule has 0 aliphatic carbocycles. The van der Waals surface area contributed by atoms with E-state index in [2.05, 4.69) is 15.0 Å². The van der Waals surface area contributed by atoms with Gasteiger partial charge in [-0.2, -0.15) is 0 Å². The lowest BCUT2D eigenvalue weighted by molar-refractivity contribution is 0.415. The van der Waals surface area contributed by atoms with Crippen LogP contribution in [0.1, 0.15) is 0 Å². The third kappa shape index (κ3) is 2.81. The second-order valence-electron chi connectivity index (χ2n) is 4.45. The summed E-state index contributed by atoms with van der Waals surface area (Å²) in [7, 11) is 1.60. The van der Waals surface area contributed by atoms with Crippen molar-refractivity contribution in [2.24, 2.45) is 0 Å². The molecular formula is C16H13N3O2. The summed E-state index contributed by atoms with van der Waals surface area (Å²) in [5.74, 6) is 1.24. The van der Waals surface area contributed by atoms with Crippen LogP contribution >= 0.6 is 0 Å². The monoisotopic (exact) mass is 279 g/mol. The van der Waals surface area contributed by atoms with Gasteiger partial charge in [0.15, 0.2) is 0 Å². The van der Waals surface area contributed by atoms with E-state index in [1.165, 1.54) is 6.07 Å². The van der Waals surface area contributed by atoms with Crippen molar-refractivity contribution in [3.8, 4) is 28.4 Å². The molecule has 5 nitrogen and oxygen atoms in total. The van der Waals surface area contributed by atoms with Crippen LogP contribution in [-0.2, 0) is 0 Å². The molecule has 0 aliphatic rings. The number of hydrogen-bond donors (Lipinski definition) is 1. The molecule has 3 aromatic rings. The SMILES string of the molecule is COc1cccc(-c2cc(=O)[nH]c(-c3ccncc3)n2)c1. The first kappa shape index (κ1) is 13.1. The highest BCUT2D eigenvalue weighted by Crippen LogP contribution is 2.22. The predicted molar refractivity (Wildman–Crippen MR) is 80.1 cm³/mol. The number of methoxy groups -OCH3 is 1. The topological polar surface area (TPSA) is 67.9 Å². The van der Waals surface area contributed by atoms with Crippen LogP contribution in [-0.4, -0.2) is 22.1 Å². The minimum absolute atomic E-state index is 0.199. The Kier molecular flexibility index (Phi) is 3.47. The smallest absolute Gasteiger partial charge is 0.251 e. The molecule has 104 valence electrons. The highest BCUT2D eigenvalue weighted by Gasteiger charge is 2.06. The van der Waals surface area contributed by atoms with Gasteiger partial charge in [0.2, 0.25) is 0 Å². The Balaban J connectivity index is 2.12. The molecule has 2 heterocycles. The standard InChI is InChI=1S/C16H13N3O2/c1-21-13-4-2-3-12(9-13)14-10-15(20)19-16(18-14)11-5-7-17-8-6-11/h2-10H,1H3,(H,18,19,20). The molecule has 5 heteroatoms. The van der Waals surface area contributed by atoms with E-state index >= 15 is 0 Å². The summed E-state index contributed by atoms with van der Waals surface area (Å²) in [6.07, 6.45) is 3.32. The van der Waals surface area contributed by atoms with Crippen molar-refractivity contribution < 1.29 is 4.74 Å². The number of nitrogens with zero attached hydrogens (tertiary/aromatic N) is 2. The molecule has 0 aliphatic heterocycles. The average molecular weight is 279 g/mol. The van der Waals surface area contributed by atoms with E-state index in [1.54, 1.807) is 31.6 Å². The Labute approximate surface area is 121 Å². The first-order valence-electron chi connectivity index (χ1n) is 6.42. The zero-order valence-corrected chi connectivity index (χ0v) is 11.4. The summed E-state index contributed by atoms with van der Waals surface area (Å²) in [4.78, 5) is 23.1. The molecule has 0 bridgehead atoms. The van der Waals surface area contributed by atoms with Crippen molar-refractivity contribution in [1.29, 1.82) is 0 Å². The van der Waals surface area contributed by atoms with Crippen molar-refractivity contribution >= 4 is 0 Å². The van der Waals surface area contributed by atoms with E-state index in [-0.39, 0.29) is 5.56 Å². The molecule has 2 aromatic heterocycles. The minimum atomic E-state index is -0.199. The molecule has 0 amide bonds. The fraction of sp³-hybridized carbons (Fsp3) is 0.0625. The maximum absolute atomic E-state index is 11.9. The molecule has 0 atom stereocenters. The van der Waals surface area contributed by atoms with E-state index in [0.717, 1.165) is 16.9 Å². The lowest BCUT2D eigenvalue weighted by Crippen LogP contribution is -2.08. The number of H-pyrrole nitrogens is 1. The number of pyridine rings is 1. The second-order valence-corrected chi connectivity index (χ2v) is 4.45. The predicted octanol–water partition coefficient (Wildman–Crippen LogP) is 2.51. The van der Waals surface area contributed by atoms with Crippen molar-refractivity contribution in [1.82, 2.24) is 15.0 Å². The van der Waals surface area contributed by atoms with Gasteiger partial charge in [0.05, 0.1) is 12.8 Å². The van der Waals surface area contributed by atoms with Crippen LogP contribution in [0.2, 0.25) is 0 Å². The van der Waals surface area contributed by atoms with Gasteiger partial charge >= 0.3 is 0 Å². The van der Waals surface area contributed by atoms with Gasteiger partial charge in [0.25, 0.3) is 5.56 Å². The summed E-state index contributed by atoms with van der Waals surface area (Å²) in [6, 6.07) is 12.5. The minimum Gasteiger partial charge on any atom is -0.497 e. The summed E-state index contributed by atoms with van der Waals surface area (Å²) in [5.41, 5.74) is 2.04. The molecule has 0 saturated carbocycles. The first-order valence-corrected chi connectivity index (χ1v) is 6.42. The number of aromatic nitrogens is 3. The number of aromatic amines is 1. The van der Waals surface area contributed by atoms with E-state index in [1.807, 2.05) is 24.3 Å². The van der Waals surface area contributed by atoms with E-state index in [9.17, 15) is 4.79 Å². The zero-order chi connectivity index (χ0) is 14.7. The Morgan fingerprint density at radius 3 is 2.62 bits per heavy atom. The van der Waals surface area contributed by atoms with E-state index in [4.69, 9.17) is 4.74 Å². The van der Waals surface area contributed by atoms with Gasteiger partial charge in [-0.3, -0.25) is 9.78 Å².